The Morgan fingerprint density at radius 2 is 1.41 bits per heavy atom. The van der Waals surface area contributed by atoms with Gasteiger partial charge in [-0.25, -0.2) is 19.6 Å². The number of aliphatic hydroxyl groups is 3. The predicted octanol–water partition coefficient (Wildman–Crippen LogP) is 3.20. The molecule has 6 heterocycles. The highest BCUT2D eigenvalue weighted by molar-refractivity contribution is 6.33. The lowest BCUT2D eigenvalue weighted by atomic mass is 9.94. The van der Waals surface area contributed by atoms with Gasteiger partial charge in [-0.1, -0.05) is 54.9 Å². The maximum atomic E-state index is 13.3. The molecule has 8 N–H and O–H groups in total. The Labute approximate surface area is 352 Å². The molecule has 2 aromatic carbocycles. The number of ether oxygens (including phenoxy) is 4. The number of nitrogens with one attached hydrogen (secondary N) is 1. The maximum Gasteiger partial charge on any atom is 0.338 e. The molecule has 9 rings (SSSR count). The summed E-state index contributed by atoms with van der Waals surface area (Å²) in [4.78, 5) is 51.6. The lowest BCUT2D eigenvalue weighted by Crippen LogP contribution is -2.49. The number of carbonyl (C=O) groups is 2. The zero-order chi connectivity index (χ0) is 43.2. The molecule has 2 aliphatic heterocycles. The van der Waals surface area contributed by atoms with Crippen LogP contribution in [0, 0.1) is 0 Å². The first-order valence-corrected chi connectivity index (χ1v) is 19.9. The molecular weight excluding hydrogens is 814 g/mol. The number of aliphatic hydroxyl groups excluding tert-OH is 2. The van der Waals surface area contributed by atoms with Crippen LogP contribution in [0.4, 0.5) is 17.7 Å². The molecule has 2 saturated heterocycles. The molecule has 0 amide bonds. The third-order valence-corrected chi connectivity index (χ3v) is 11.1. The number of hydrogen-bond donors (Lipinski definition) is 6. The summed E-state index contributed by atoms with van der Waals surface area (Å²) < 4.78 is 27.2. The molecule has 3 fully saturated rings. The highest BCUT2D eigenvalue weighted by Gasteiger charge is 2.60. The van der Waals surface area contributed by atoms with Gasteiger partial charge in [-0.3, -0.25) is 9.13 Å². The summed E-state index contributed by atoms with van der Waals surface area (Å²) >= 11 is 6.24. The fourth-order valence-corrected chi connectivity index (χ4v) is 7.73. The molecule has 4 aromatic heterocycles. The summed E-state index contributed by atoms with van der Waals surface area (Å²) in [5.74, 6) is -0.620. The van der Waals surface area contributed by atoms with Crippen molar-refractivity contribution in [2.24, 2.45) is 0 Å². The lowest BCUT2D eigenvalue weighted by molar-refractivity contribution is -0.108. The number of fused-ring (bicyclic) bond motifs is 2. The van der Waals surface area contributed by atoms with E-state index in [0.717, 1.165) is 12.8 Å². The van der Waals surface area contributed by atoms with E-state index in [4.69, 9.17) is 42.0 Å². The molecular formula is C40H44ClN11O9. The summed E-state index contributed by atoms with van der Waals surface area (Å²) in [6, 6.07) is 17.5. The van der Waals surface area contributed by atoms with Crippen molar-refractivity contribution >= 4 is 63.6 Å². The molecule has 8 atom stereocenters. The maximum absolute atomic E-state index is 13.3. The van der Waals surface area contributed by atoms with Crippen molar-refractivity contribution in [2.75, 3.05) is 23.4 Å². The fourth-order valence-electron chi connectivity index (χ4n) is 7.51. The van der Waals surface area contributed by atoms with E-state index < -0.39 is 66.6 Å². The van der Waals surface area contributed by atoms with E-state index in [2.05, 4.69) is 35.2 Å². The van der Waals surface area contributed by atoms with Gasteiger partial charge in [0.25, 0.3) is 0 Å². The van der Waals surface area contributed by atoms with Crippen LogP contribution in [0.25, 0.3) is 22.3 Å². The van der Waals surface area contributed by atoms with Crippen LogP contribution in [0.1, 0.15) is 73.2 Å². The second kappa shape index (κ2) is 16.4. The fraction of sp³-hybridized carbons (Fsp3) is 0.400. The highest BCUT2D eigenvalue weighted by atomic mass is 35.5. The van der Waals surface area contributed by atoms with Crippen LogP contribution in [0.3, 0.4) is 0 Å². The number of nitrogens with two attached hydrogens (primary N) is 2. The van der Waals surface area contributed by atoms with E-state index in [1.54, 1.807) is 72.2 Å². The van der Waals surface area contributed by atoms with Gasteiger partial charge in [0.2, 0.25) is 11.9 Å². The molecule has 0 spiro atoms. The van der Waals surface area contributed by atoms with Gasteiger partial charge >= 0.3 is 11.9 Å². The van der Waals surface area contributed by atoms with Crippen molar-refractivity contribution in [3.05, 3.63) is 89.6 Å². The van der Waals surface area contributed by atoms with Gasteiger partial charge in [-0.2, -0.15) is 19.9 Å². The SMILES string of the molecule is CC[C@H]1O[C@@H](n2cnc3c(Cl)nc(N)nc32)[C@@](C)(OC(=O)c2ccccc2)C1OC(=O)c1ccccc1.C[C@]1(O)C(O)[C@@H](CO)O[C@H]1n1cnc2c(NC3CC3)nc(N)nc21. The minimum atomic E-state index is -1.62. The van der Waals surface area contributed by atoms with Crippen molar-refractivity contribution in [1.29, 1.82) is 0 Å². The van der Waals surface area contributed by atoms with E-state index in [-0.39, 0.29) is 22.7 Å². The smallest absolute Gasteiger partial charge is 0.338 e. The Kier molecular flexibility index (Phi) is 11.2. The van der Waals surface area contributed by atoms with Gasteiger partial charge in [-0.15, -0.1) is 0 Å². The second-order valence-corrected chi connectivity index (χ2v) is 15.7. The number of halogens is 1. The van der Waals surface area contributed by atoms with E-state index in [0.29, 0.717) is 46.1 Å². The van der Waals surface area contributed by atoms with E-state index in [9.17, 15) is 24.9 Å². The number of esters is 2. The summed E-state index contributed by atoms with van der Waals surface area (Å²) in [5, 5.41) is 33.4. The van der Waals surface area contributed by atoms with Crippen molar-refractivity contribution in [2.45, 2.75) is 94.1 Å². The van der Waals surface area contributed by atoms with Crippen LogP contribution in [0.5, 0.6) is 0 Å². The number of hydrogen-bond acceptors (Lipinski definition) is 18. The number of nitrogen functional groups attached to an aromatic ring is 2. The molecule has 0 radical (unpaired) electrons. The Balaban J connectivity index is 0.000000184. The zero-order valence-corrected chi connectivity index (χ0v) is 34.0. The van der Waals surface area contributed by atoms with E-state index in [1.165, 1.54) is 24.1 Å². The first-order valence-electron chi connectivity index (χ1n) is 19.5. The zero-order valence-electron chi connectivity index (χ0n) is 33.2. The Morgan fingerprint density at radius 1 is 0.852 bits per heavy atom. The number of rotatable bonds is 10. The number of imidazole rings is 2. The summed E-state index contributed by atoms with van der Waals surface area (Å²) in [7, 11) is 0. The van der Waals surface area contributed by atoms with E-state index >= 15 is 0 Å². The summed E-state index contributed by atoms with van der Waals surface area (Å²) in [6.07, 6.45) is -0.139. The highest BCUT2D eigenvalue weighted by Crippen LogP contribution is 2.46. The van der Waals surface area contributed by atoms with Gasteiger partial charge in [0, 0.05) is 6.04 Å². The second-order valence-electron chi connectivity index (χ2n) is 15.3. The number of nitrogens with zero attached hydrogens (tertiary/aromatic N) is 8. The summed E-state index contributed by atoms with van der Waals surface area (Å²) in [5.41, 5.74) is 10.7. The molecule has 61 heavy (non-hydrogen) atoms. The molecule has 1 saturated carbocycles. The Hall–Kier alpha value is -6.03. The van der Waals surface area contributed by atoms with Crippen LogP contribution in [-0.4, -0.2) is 115 Å². The molecule has 320 valence electrons. The first kappa shape index (κ1) is 41.7. The number of benzene rings is 2. The third-order valence-electron chi connectivity index (χ3n) is 10.9. The monoisotopic (exact) mass is 857 g/mol. The van der Waals surface area contributed by atoms with Crippen LogP contribution in [0.2, 0.25) is 5.15 Å². The quantitative estimate of drug-likeness (QED) is 0.0852. The van der Waals surface area contributed by atoms with Crippen molar-refractivity contribution in [3.63, 3.8) is 0 Å². The van der Waals surface area contributed by atoms with Crippen LogP contribution in [0.15, 0.2) is 73.3 Å². The minimum Gasteiger partial charge on any atom is -0.452 e. The first-order chi connectivity index (χ1) is 29.2. The number of anilines is 3. The third kappa shape index (κ3) is 7.88. The number of carbonyl (C=O) groups excluding carboxylic acids is 2. The van der Waals surface area contributed by atoms with Crippen molar-refractivity contribution in [3.8, 4) is 0 Å². The van der Waals surface area contributed by atoms with Gasteiger partial charge in [0.15, 0.2) is 51.9 Å². The molecule has 20 nitrogen and oxygen atoms in total. The van der Waals surface area contributed by atoms with Gasteiger partial charge in [0.1, 0.15) is 29.4 Å². The average molecular weight is 858 g/mol. The number of aromatic nitrogens is 8. The van der Waals surface area contributed by atoms with Crippen LogP contribution < -0.4 is 16.8 Å². The molecule has 21 heteroatoms. The molecule has 0 bridgehead atoms. The Bertz CT molecular complexity index is 2560. The van der Waals surface area contributed by atoms with Gasteiger partial charge in [0.05, 0.1) is 30.4 Å². The summed E-state index contributed by atoms with van der Waals surface area (Å²) in [6.45, 7) is 4.58. The molecule has 1 aliphatic carbocycles. The topological polar surface area (TPSA) is 283 Å². The normalized spacial score (nSPS) is 27.1. The van der Waals surface area contributed by atoms with Crippen molar-refractivity contribution < 1.29 is 43.9 Å². The van der Waals surface area contributed by atoms with Gasteiger partial charge < -0.3 is 51.1 Å². The molecule has 2 unspecified atom stereocenters. The lowest BCUT2D eigenvalue weighted by Gasteiger charge is -2.34. The van der Waals surface area contributed by atoms with Crippen LogP contribution >= 0.6 is 11.6 Å². The van der Waals surface area contributed by atoms with Crippen LogP contribution in [-0.2, 0) is 18.9 Å². The van der Waals surface area contributed by atoms with Crippen molar-refractivity contribution in [1.82, 2.24) is 39.0 Å². The predicted molar refractivity (Wildman–Crippen MR) is 219 cm³/mol. The largest absolute Gasteiger partial charge is 0.452 e. The standard InChI is InChI=1S/C26H24ClN5O5.C14H20N6O4/c1-3-17-19(36-22(33)15-10-6-4-7-11-15)26(2,37-23(34)16-12-8-5-9-13-16)24(35-17)32-14-29-18-20(27)30-25(28)31-21(18)32;1-14(23)9(22)7(4-21)24-12(14)20-5-16-8-10(17-6-2-3-6)18-13(15)19-11(8)20/h4-14,17,19,24H,3H2,1-2H3,(H2,28,30,31);5-7,9,12,21-23H,2-4H2,1H3,(H3,15,17,18,19)/t17-,19?,24-,26+;7-,9?,12-,14+/m11/s1. The van der Waals surface area contributed by atoms with Gasteiger partial charge in [-0.05, 0) is 57.4 Å². The molecule has 3 aliphatic rings. The molecule has 6 aromatic rings. The Morgan fingerprint density at radius 3 is 2.00 bits per heavy atom. The minimum absolute atomic E-state index is 0.0562. The average Bonchev–Trinajstić information content (AvgIpc) is 3.59. The van der Waals surface area contributed by atoms with E-state index in [1.807, 2.05) is 6.92 Å².